The number of ether oxygens (including phenoxy) is 6. The molecule has 0 saturated carbocycles. The molecule has 0 bridgehead atoms. The van der Waals surface area contributed by atoms with Crippen molar-refractivity contribution in [2.45, 2.75) is 154 Å². The Morgan fingerprint density at radius 2 is 1.50 bits per heavy atom. The van der Waals surface area contributed by atoms with Gasteiger partial charge >= 0.3 is 5.97 Å². The second-order valence-electron chi connectivity index (χ2n) is 15.6. The third-order valence-electron chi connectivity index (χ3n) is 11.1. The fourth-order valence-corrected chi connectivity index (χ4v) is 7.80. The summed E-state index contributed by atoms with van der Waals surface area (Å²) in [6.07, 6.45) is -7.56. The van der Waals surface area contributed by atoms with Crippen LogP contribution in [-0.4, -0.2) is 137 Å². The summed E-state index contributed by atoms with van der Waals surface area (Å²) in [4.78, 5) is 29.1. The van der Waals surface area contributed by atoms with E-state index in [1.807, 2.05) is 25.9 Å². The Balaban J connectivity index is 2.11. The van der Waals surface area contributed by atoms with Gasteiger partial charge in [-0.15, -0.1) is 0 Å². The Morgan fingerprint density at radius 3 is 2.08 bits per heavy atom. The number of aliphatic hydroxyl groups is 4. The minimum atomic E-state index is -1.71. The smallest absolute Gasteiger partial charge is 0.311 e. The lowest BCUT2D eigenvalue weighted by atomic mass is 9.75. The molecule has 0 aromatic heterocycles. The van der Waals surface area contributed by atoms with Gasteiger partial charge in [0.25, 0.3) is 0 Å². The van der Waals surface area contributed by atoms with Gasteiger partial charge in [-0.1, -0.05) is 27.7 Å². The summed E-state index contributed by atoms with van der Waals surface area (Å²) in [6, 6.07) is -0.293. The van der Waals surface area contributed by atoms with E-state index in [9.17, 15) is 30.0 Å². The van der Waals surface area contributed by atoms with Crippen LogP contribution in [0.3, 0.4) is 0 Å². The van der Waals surface area contributed by atoms with E-state index in [1.165, 1.54) is 7.11 Å². The second kappa shape index (κ2) is 16.4. The molecule has 0 radical (unpaired) electrons. The van der Waals surface area contributed by atoms with E-state index in [1.54, 1.807) is 55.4 Å². The van der Waals surface area contributed by atoms with Crippen LogP contribution in [0, 0.1) is 29.6 Å². The van der Waals surface area contributed by atoms with Crippen LogP contribution in [0.25, 0.3) is 0 Å². The van der Waals surface area contributed by atoms with Crippen molar-refractivity contribution in [1.29, 1.82) is 0 Å². The number of hydrogen-bond acceptors (Lipinski definition) is 13. The first-order valence-corrected chi connectivity index (χ1v) is 17.4. The number of carbonyl (C=O) groups is 2. The zero-order chi connectivity index (χ0) is 36.5. The third-order valence-corrected chi connectivity index (χ3v) is 11.1. The summed E-state index contributed by atoms with van der Waals surface area (Å²) in [7, 11) is 5.22. The van der Waals surface area contributed by atoms with E-state index in [-0.39, 0.29) is 37.4 Å². The van der Waals surface area contributed by atoms with Crippen LogP contribution in [0.4, 0.5) is 0 Å². The van der Waals surface area contributed by atoms with E-state index < -0.39 is 96.0 Å². The van der Waals surface area contributed by atoms with E-state index in [4.69, 9.17) is 28.4 Å². The van der Waals surface area contributed by atoms with Crippen LogP contribution < -0.4 is 0 Å². The summed E-state index contributed by atoms with van der Waals surface area (Å²) in [5.74, 6) is -4.54. The molecule has 17 atom stereocenters. The molecule has 13 nitrogen and oxygen atoms in total. The lowest BCUT2D eigenvalue weighted by molar-refractivity contribution is -0.317. The molecule has 3 heterocycles. The van der Waals surface area contributed by atoms with Gasteiger partial charge in [0, 0.05) is 43.2 Å². The first kappa shape index (κ1) is 41.2. The van der Waals surface area contributed by atoms with Crippen LogP contribution >= 0.6 is 0 Å². The van der Waals surface area contributed by atoms with Crippen LogP contribution in [0.5, 0.6) is 0 Å². The highest BCUT2D eigenvalue weighted by Crippen LogP contribution is 2.40. The Bertz CT molecular complexity index is 1070. The number of methoxy groups -OCH3 is 1. The molecule has 8 unspecified atom stereocenters. The number of Topliss-reactive ketones (excluding diaryl/α,β-unsaturated/α-hetero) is 1. The molecule has 3 saturated heterocycles. The molecule has 4 N–H and O–H groups in total. The summed E-state index contributed by atoms with van der Waals surface area (Å²) in [5.41, 5.74) is -2.72. The molecule has 3 aliphatic rings. The van der Waals surface area contributed by atoms with Gasteiger partial charge in [0.15, 0.2) is 12.6 Å². The topological polar surface area (TPSA) is 174 Å². The summed E-state index contributed by atoms with van der Waals surface area (Å²) in [6.45, 7) is 15.3. The number of hydrogen-bond donors (Lipinski definition) is 4. The molecule has 0 aliphatic carbocycles. The van der Waals surface area contributed by atoms with Gasteiger partial charge in [0.1, 0.15) is 18.0 Å². The molecule has 3 rings (SSSR count). The zero-order valence-electron chi connectivity index (χ0n) is 31.0. The van der Waals surface area contributed by atoms with E-state index in [0.717, 1.165) is 0 Å². The molecule has 0 aromatic carbocycles. The first-order chi connectivity index (χ1) is 22.1. The SMILES string of the molecule is COC1(C)CC(O[C@H]2[C@H](C)[C@@H](OC3OC(C)CC(N(C)C)C3O)[C@](C)(O)C[C@@H](C)C(=O)[C@H](C)[C@@H](O)[C@@H](C)COC(=O)[C@@H]2C)OC(C)C1O. The van der Waals surface area contributed by atoms with Crippen LogP contribution in [0.15, 0.2) is 0 Å². The minimum Gasteiger partial charge on any atom is -0.465 e. The number of cyclic esters (lactones) is 1. The number of carbonyl (C=O) groups excluding carboxylic acids is 2. The average molecular weight is 690 g/mol. The number of likely N-dealkylation sites (N-methyl/N-ethyl adjacent to an activating group) is 1. The molecule has 0 spiro atoms. The third kappa shape index (κ3) is 9.15. The zero-order valence-corrected chi connectivity index (χ0v) is 31.0. The molecule has 13 heteroatoms. The fraction of sp³-hybridized carbons (Fsp3) is 0.943. The van der Waals surface area contributed by atoms with Crippen molar-refractivity contribution in [3.63, 3.8) is 0 Å². The maximum atomic E-state index is 13.7. The molecule has 0 aromatic rings. The molecule has 280 valence electrons. The summed E-state index contributed by atoms with van der Waals surface area (Å²) in [5, 5.41) is 45.5. The van der Waals surface area contributed by atoms with Gasteiger partial charge in [0.05, 0.1) is 54.2 Å². The largest absolute Gasteiger partial charge is 0.465 e. The number of esters is 1. The van der Waals surface area contributed by atoms with Gasteiger partial charge in [-0.3, -0.25) is 9.59 Å². The van der Waals surface area contributed by atoms with E-state index >= 15 is 0 Å². The number of ketones is 1. The maximum Gasteiger partial charge on any atom is 0.311 e. The maximum absolute atomic E-state index is 13.7. The Labute approximate surface area is 286 Å². The molecule has 3 aliphatic heterocycles. The lowest BCUT2D eigenvalue weighted by Crippen LogP contribution is -2.60. The summed E-state index contributed by atoms with van der Waals surface area (Å²) < 4.78 is 36.8. The number of rotatable bonds is 6. The second-order valence-corrected chi connectivity index (χ2v) is 15.6. The highest BCUT2D eigenvalue weighted by atomic mass is 16.7. The first-order valence-electron chi connectivity index (χ1n) is 17.4. The summed E-state index contributed by atoms with van der Waals surface area (Å²) >= 11 is 0. The van der Waals surface area contributed by atoms with Gasteiger partial charge in [-0.2, -0.15) is 0 Å². The van der Waals surface area contributed by atoms with Crippen molar-refractivity contribution in [1.82, 2.24) is 4.90 Å². The van der Waals surface area contributed by atoms with Crippen molar-refractivity contribution >= 4 is 11.8 Å². The number of aliphatic hydroxyl groups excluding tert-OH is 3. The van der Waals surface area contributed by atoms with Gasteiger partial charge in [0.2, 0.25) is 0 Å². The number of nitrogens with zero attached hydrogens (tertiary/aromatic N) is 1. The van der Waals surface area contributed by atoms with Gasteiger partial charge < -0.3 is 53.7 Å². The Kier molecular flexibility index (Phi) is 14.1. The highest BCUT2D eigenvalue weighted by molar-refractivity contribution is 5.83. The monoisotopic (exact) mass is 689 g/mol. The van der Waals surface area contributed by atoms with Crippen molar-refractivity contribution in [3.05, 3.63) is 0 Å². The minimum absolute atomic E-state index is 0.0434. The lowest BCUT2D eigenvalue weighted by Gasteiger charge is -2.48. The molecule has 48 heavy (non-hydrogen) atoms. The van der Waals surface area contributed by atoms with Crippen LogP contribution in [0.2, 0.25) is 0 Å². The molecule has 0 amide bonds. The predicted molar refractivity (Wildman–Crippen MR) is 176 cm³/mol. The molecular formula is C35H63NO12. The molecule has 3 fully saturated rings. The van der Waals surface area contributed by atoms with Crippen molar-refractivity contribution < 1.29 is 58.4 Å². The Hall–Kier alpha value is -1.26. The van der Waals surface area contributed by atoms with E-state index in [0.29, 0.717) is 6.42 Å². The van der Waals surface area contributed by atoms with Crippen molar-refractivity contribution in [2.24, 2.45) is 29.6 Å². The van der Waals surface area contributed by atoms with Crippen molar-refractivity contribution in [3.8, 4) is 0 Å². The van der Waals surface area contributed by atoms with Crippen LogP contribution in [-0.2, 0) is 38.0 Å². The Morgan fingerprint density at radius 1 is 0.875 bits per heavy atom. The van der Waals surface area contributed by atoms with Gasteiger partial charge in [-0.05, 0) is 61.6 Å². The highest BCUT2D eigenvalue weighted by Gasteiger charge is 2.52. The van der Waals surface area contributed by atoms with Crippen LogP contribution in [0.1, 0.15) is 81.6 Å². The molecular weight excluding hydrogens is 626 g/mol. The van der Waals surface area contributed by atoms with Gasteiger partial charge in [-0.25, -0.2) is 0 Å². The fourth-order valence-electron chi connectivity index (χ4n) is 7.80. The predicted octanol–water partition coefficient (Wildman–Crippen LogP) is 1.89. The standard InChI is InChI=1S/C35H63NO12/c1-17-14-34(8,42)31(48-33-28(39)24(36(10)11)13-19(3)45-33)21(5)29(47-25-15-35(9,43-12)30(40)23(7)46-25)22(6)32(41)44-16-18(2)27(38)20(4)26(17)37/h17-25,27-31,33,38-40,42H,13-16H2,1-12H3/t17-,18+,19?,20+,21+,22-,23?,24?,25?,27+,28?,29+,30?,31-,33?,34-,35?/m1/s1. The average Bonchev–Trinajstić information content (AvgIpc) is 3.02. The quantitative estimate of drug-likeness (QED) is 0.298. The van der Waals surface area contributed by atoms with E-state index in [2.05, 4.69) is 0 Å². The normalized spacial score (nSPS) is 49.0. The van der Waals surface area contributed by atoms with Crippen molar-refractivity contribution in [2.75, 3.05) is 27.8 Å².